The maximum atomic E-state index is 11.9. The number of nitrogens with zero attached hydrogens (tertiary/aromatic N) is 2. The van der Waals surface area contributed by atoms with E-state index in [1.807, 2.05) is 47.8 Å². The first kappa shape index (κ1) is 14.1. The molecular weight excluding hydrogens is 274 g/mol. The SMILES string of the molecule is CN(C(=O)CON=C(N)c1cccs1)c1ccccc1. The number of benzene rings is 1. The molecule has 0 saturated heterocycles. The molecule has 0 radical (unpaired) electrons. The predicted octanol–water partition coefficient (Wildman–Crippen LogP) is 2.05. The fourth-order valence-corrected chi connectivity index (χ4v) is 2.14. The van der Waals surface area contributed by atoms with E-state index in [0.29, 0.717) is 0 Å². The third kappa shape index (κ3) is 3.58. The normalized spacial score (nSPS) is 11.2. The van der Waals surface area contributed by atoms with Crippen molar-refractivity contribution >= 4 is 28.8 Å². The molecule has 2 rings (SSSR count). The van der Waals surface area contributed by atoms with Crippen LogP contribution in [0.1, 0.15) is 4.88 Å². The van der Waals surface area contributed by atoms with E-state index >= 15 is 0 Å². The summed E-state index contributed by atoms with van der Waals surface area (Å²) in [6.07, 6.45) is 0. The van der Waals surface area contributed by atoms with Crippen LogP contribution >= 0.6 is 11.3 Å². The standard InChI is InChI=1S/C14H15N3O2S/c1-17(11-6-3-2-4-7-11)13(18)10-19-16-14(15)12-8-5-9-20-12/h2-9H,10H2,1H3,(H2,15,16). The monoisotopic (exact) mass is 289 g/mol. The Bertz CT molecular complexity index is 582. The topological polar surface area (TPSA) is 67.9 Å². The highest BCUT2D eigenvalue weighted by atomic mass is 32.1. The number of hydrogen-bond donors (Lipinski definition) is 1. The summed E-state index contributed by atoms with van der Waals surface area (Å²) in [5, 5.41) is 5.63. The molecule has 5 nitrogen and oxygen atoms in total. The molecule has 0 aliphatic carbocycles. The molecule has 0 spiro atoms. The van der Waals surface area contributed by atoms with Crippen LogP contribution in [-0.4, -0.2) is 25.4 Å². The largest absolute Gasteiger partial charge is 0.384 e. The number of carbonyl (C=O) groups is 1. The van der Waals surface area contributed by atoms with Crippen molar-refractivity contribution in [2.75, 3.05) is 18.6 Å². The van der Waals surface area contributed by atoms with Gasteiger partial charge in [-0.2, -0.15) is 0 Å². The Kier molecular flexibility index (Phi) is 4.73. The lowest BCUT2D eigenvalue weighted by Gasteiger charge is -2.16. The van der Waals surface area contributed by atoms with Crippen molar-refractivity contribution in [2.24, 2.45) is 10.9 Å². The van der Waals surface area contributed by atoms with E-state index in [-0.39, 0.29) is 18.3 Å². The minimum atomic E-state index is -0.195. The van der Waals surface area contributed by atoms with Gasteiger partial charge in [-0.25, -0.2) is 0 Å². The molecule has 2 N–H and O–H groups in total. The molecule has 0 aliphatic rings. The van der Waals surface area contributed by atoms with Crippen molar-refractivity contribution in [1.82, 2.24) is 0 Å². The first-order valence-electron chi connectivity index (χ1n) is 5.99. The number of amidine groups is 1. The first-order valence-corrected chi connectivity index (χ1v) is 6.87. The van der Waals surface area contributed by atoms with E-state index in [2.05, 4.69) is 5.16 Å². The summed E-state index contributed by atoms with van der Waals surface area (Å²) >= 11 is 1.46. The van der Waals surface area contributed by atoms with Crippen LogP contribution in [0.4, 0.5) is 5.69 Å². The van der Waals surface area contributed by atoms with Crippen LogP contribution in [0.2, 0.25) is 0 Å². The molecule has 0 atom stereocenters. The second kappa shape index (κ2) is 6.72. The summed E-state index contributed by atoms with van der Waals surface area (Å²) in [5.41, 5.74) is 6.53. The van der Waals surface area contributed by atoms with Gasteiger partial charge in [0.05, 0.1) is 4.88 Å². The highest BCUT2D eigenvalue weighted by Crippen LogP contribution is 2.11. The molecular formula is C14H15N3O2S. The van der Waals surface area contributed by atoms with Gasteiger partial charge in [-0.05, 0) is 23.6 Å². The molecule has 0 fully saturated rings. The molecule has 6 heteroatoms. The first-order chi connectivity index (χ1) is 9.68. The van der Waals surface area contributed by atoms with Crippen molar-refractivity contribution < 1.29 is 9.63 Å². The number of likely N-dealkylation sites (N-methyl/N-ethyl adjacent to an activating group) is 1. The zero-order valence-corrected chi connectivity index (χ0v) is 11.8. The molecule has 1 amide bonds. The Morgan fingerprint density at radius 3 is 2.70 bits per heavy atom. The molecule has 1 aromatic carbocycles. The molecule has 2 aromatic rings. The summed E-state index contributed by atoms with van der Waals surface area (Å²) in [5.74, 6) is 0.0779. The Morgan fingerprint density at radius 1 is 1.30 bits per heavy atom. The van der Waals surface area contributed by atoms with Gasteiger partial charge in [-0.15, -0.1) is 11.3 Å². The van der Waals surface area contributed by atoms with Gasteiger partial charge in [-0.1, -0.05) is 29.4 Å². The van der Waals surface area contributed by atoms with E-state index in [4.69, 9.17) is 10.6 Å². The lowest BCUT2D eigenvalue weighted by Crippen LogP contribution is -2.29. The molecule has 0 bridgehead atoms. The van der Waals surface area contributed by atoms with Crippen LogP contribution in [0.5, 0.6) is 0 Å². The second-order valence-electron chi connectivity index (χ2n) is 4.02. The van der Waals surface area contributed by atoms with Crippen LogP contribution in [0.3, 0.4) is 0 Å². The Hall–Kier alpha value is -2.34. The minimum Gasteiger partial charge on any atom is -0.384 e. The summed E-state index contributed by atoms with van der Waals surface area (Å²) in [6, 6.07) is 13.0. The van der Waals surface area contributed by atoms with Gasteiger partial charge in [0.1, 0.15) is 0 Å². The number of anilines is 1. The summed E-state index contributed by atoms with van der Waals surface area (Å²) in [7, 11) is 1.69. The number of thiophene rings is 1. The van der Waals surface area contributed by atoms with E-state index in [1.165, 1.54) is 16.2 Å². The molecule has 20 heavy (non-hydrogen) atoms. The smallest absolute Gasteiger partial charge is 0.267 e. The quantitative estimate of drug-likeness (QED) is 0.520. The lowest BCUT2D eigenvalue weighted by atomic mass is 10.3. The molecule has 1 heterocycles. The van der Waals surface area contributed by atoms with Gasteiger partial charge in [0.2, 0.25) is 0 Å². The zero-order chi connectivity index (χ0) is 14.4. The van der Waals surface area contributed by atoms with Crippen molar-refractivity contribution in [3.05, 3.63) is 52.7 Å². The minimum absolute atomic E-state index is 0.155. The highest BCUT2D eigenvalue weighted by molar-refractivity contribution is 7.12. The van der Waals surface area contributed by atoms with Gasteiger partial charge in [0.25, 0.3) is 5.91 Å². The summed E-state index contributed by atoms with van der Waals surface area (Å²) < 4.78 is 0. The van der Waals surface area contributed by atoms with Crippen LogP contribution in [0, 0.1) is 0 Å². The fraction of sp³-hybridized carbons (Fsp3) is 0.143. The van der Waals surface area contributed by atoms with E-state index < -0.39 is 0 Å². The van der Waals surface area contributed by atoms with Crippen molar-refractivity contribution in [2.45, 2.75) is 0 Å². The van der Waals surface area contributed by atoms with Gasteiger partial charge in [0, 0.05) is 12.7 Å². The zero-order valence-electron chi connectivity index (χ0n) is 11.0. The fourth-order valence-electron chi connectivity index (χ4n) is 1.52. The van der Waals surface area contributed by atoms with Gasteiger partial charge < -0.3 is 15.5 Å². The van der Waals surface area contributed by atoms with Crippen LogP contribution < -0.4 is 10.6 Å². The van der Waals surface area contributed by atoms with Crippen LogP contribution in [0.15, 0.2) is 53.0 Å². The highest BCUT2D eigenvalue weighted by Gasteiger charge is 2.11. The van der Waals surface area contributed by atoms with Crippen molar-refractivity contribution in [1.29, 1.82) is 0 Å². The molecule has 1 aromatic heterocycles. The number of nitrogens with two attached hydrogens (primary N) is 1. The van der Waals surface area contributed by atoms with Crippen LogP contribution in [-0.2, 0) is 9.63 Å². The maximum absolute atomic E-state index is 11.9. The number of rotatable bonds is 5. The van der Waals surface area contributed by atoms with E-state index in [1.54, 1.807) is 7.05 Å². The predicted molar refractivity (Wildman–Crippen MR) is 80.8 cm³/mol. The third-order valence-electron chi connectivity index (χ3n) is 2.64. The van der Waals surface area contributed by atoms with E-state index in [0.717, 1.165) is 10.6 Å². The van der Waals surface area contributed by atoms with Gasteiger partial charge in [0.15, 0.2) is 12.4 Å². The van der Waals surface area contributed by atoms with Crippen LogP contribution in [0.25, 0.3) is 0 Å². The van der Waals surface area contributed by atoms with Crippen molar-refractivity contribution in [3.8, 4) is 0 Å². The Balaban J connectivity index is 1.88. The average molecular weight is 289 g/mol. The second-order valence-corrected chi connectivity index (χ2v) is 4.96. The molecule has 0 saturated carbocycles. The summed E-state index contributed by atoms with van der Waals surface area (Å²) in [4.78, 5) is 19.2. The number of oxime groups is 1. The van der Waals surface area contributed by atoms with Gasteiger partial charge in [-0.3, -0.25) is 4.79 Å². The number of carbonyl (C=O) groups excluding carboxylic acids is 1. The number of hydrogen-bond acceptors (Lipinski definition) is 4. The van der Waals surface area contributed by atoms with Crippen molar-refractivity contribution in [3.63, 3.8) is 0 Å². The van der Waals surface area contributed by atoms with E-state index in [9.17, 15) is 4.79 Å². The average Bonchev–Trinajstić information content (AvgIpc) is 3.01. The van der Waals surface area contributed by atoms with Gasteiger partial charge >= 0.3 is 0 Å². The molecule has 104 valence electrons. The Labute approximate surface area is 121 Å². The summed E-state index contributed by atoms with van der Waals surface area (Å²) in [6.45, 7) is -0.155. The number of amides is 1. The number of para-hydroxylation sites is 1. The maximum Gasteiger partial charge on any atom is 0.267 e. The Morgan fingerprint density at radius 2 is 2.05 bits per heavy atom. The third-order valence-corrected chi connectivity index (χ3v) is 3.53. The molecule has 0 aliphatic heterocycles. The molecule has 0 unspecified atom stereocenters. The lowest BCUT2D eigenvalue weighted by molar-refractivity contribution is -0.122.